The van der Waals surface area contributed by atoms with Gasteiger partial charge in [0.15, 0.2) is 0 Å². The number of nitrogens with zero attached hydrogens (tertiary/aromatic N) is 1. The van der Waals surface area contributed by atoms with Gasteiger partial charge in [0.1, 0.15) is 0 Å². The number of hydrogen-bond donors (Lipinski definition) is 2. The maximum Gasteiger partial charge on any atom is 0.259 e. The Morgan fingerprint density at radius 2 is 1.85 bits per heavy atom. The molecule has 1 fully saturated rings. The fraction of sp³-hybridized carbons (Fsp3) is 0.185. The monoisotopic (exact) mass is 453 g/mol. The number of hydrogen-bond acceptors (Lipinski definition) is 3. The summed E-state index contributed by atoms with van der Waals surface area (Å²) in [6.07, 6.45) is 5.13. The van der Waals surface area contributed by atoms with Gasteiger partial charge in [-0.25, -0.2) is 0 Å². The van der Waals surface area contributed by atoms with Crippen molar-refractivity contribution in [3.63, 3.8) is 0 Å². The molecule has 164 valence electrons. The molecular formula is C27H23N3O2S. The smallest absolute Gasteiger partial charge is 0.259 e. The number of H-pyrrole nitrogens is 1. The Hall–Kier alpha value is -3.51. The number of anilines is 2. The topological polar surface area (TPSA) is 65.2 Å². The van der Waals surface area contributed by atoms with Gasteiger partial charge in [-0.3, -0.25) is 9.59 Å². The summed E-state index contributed by atoms with van der Waals surface area (Å²) in [5, 5.41) is 4.21. The lowest BCUT2D eigenvalue weighted by molar-refractivity contribution is -0.116. The predicted octanol–water partition coefficient (Wildman–Crippen LogP) is 6.01. The van der Waals surface area contributed by atoms with Crippen LogP contribution in [-0.2, 0) is 11.2 Å². The molecule has 2 aliphatic rings. The minimum Gasteiger partial charge on any atom is -0.361 e. The number of carbonyl (C=O) groups excluding carboxylic acids is 2. The molecule has 0 saturated heterocycles. The minimum absolute atomic E-state index is 0.0191. The van der Waals surface area contributed by atoms with Gasteiger partial charge < -0.3 is 15.2 Å². The van der Waals surface area contributed by atoms with Crippen molar-refractivity contribution in [3.05, 3.63) is 84.1 Å². The van der Waals surface area contributed by atoms with Crippen molar-refractivity contribution in [2.24, 2.45) is 0 Å². The summed E-state index contributed by atoms with van der Waals surface area (Å²) < 4.78 is 0. The normalized spacial score (nSPS) is 15.2. The van der Waals surface area contributed by atoms with Crippen LogP contribution in [0.2, 0.25) is 0 Å². The number of fused-ring (bicyclic) bond motifs is 3. The Kier molecular flexibility index (Phi) is 4.95. The first-order valence-corrected chi connectivity index (χ1v) is 12.1. The predicted molar refractivity (Wildman–Crippen MR) is 132 cm³/mol. The summed E-state index contributed by atoms with van der Waals surface area (Å²) in [6, 6.07) is 22.0. The van der Waals surface area contributed by atoms with Gasteiger partial charge in [0.25, 0.3) is 5.91 Å². The zero-order valence-electron chi connectivity index (χ0n) is 18.0. The van der Waals surface area contributed by atoms with Crippen LogP contribution < -0.4 is 10.2 Å². The van der Waals surface area contributed by atoms with Crippen molar-refractivity contribution in [1.82, 2.24) is 4.98 Å². The lowest BCUT2D eigenvalue weighted by atomic mass is 10.1. The van der Waals surface area contributed by atoms with Crippen molar-refractivity contribution in [2.75, 3.05) is 10.2 Å². The maximum atomic E-state index is 13.3. The number of benzene rings is 3. The van der Waals surface area contributed by atoms with E-state index >= 15 is 0 Å². The van der Waals surface area contributed by atoms with Gasteiger partial charge in [0.2, 0.25) is 5.91 Å². The van der Waals surface area contributed by atoms with Crippen LogP contribution in [0.1, 0.15) is 35.2 Å². The third-order valence-corrected chi connectivity index (χ3v) is 7.39. The molecular weight excluding hydrogens is 430 g/mol. The lowest BCUT2D eigenvalue weighted by Crippen LogP contribution is -2.32. The van der Waals surface area contributed by atoms with Crippen molar-refractivity contribution in [3.8, 4) is 0 Å². The largest absolute Gasteiger partial charge is 0.361 e. The van der Waals surface area contributed by atoms with E-state index in [0.717, 1.165) is 56.0 Å². The highest BCUT2D eigenvalue weighted by atomic mass is 32.2. The molecule has 1 aromatic heterocycles. The Morgan fingerprint density at radius 1 is 1.03 bits per heavy atom. The molecule has 33 heavy (non-hydrogen) atoms. The van der Waals surface area contributed by atoms with E-state index in [4.69, 9.17) is 0 Å². The first-order chi connectivity index (χ1) is 16.2. The molecule has 5 nitrogen and oxygen atoms in total. The Bertz CT molecular complexity index is 1390. The van der Waals surface area contributed by atoms with Gasteiger partial charge in [-0.1, -0.05) is 42.1 Å². The Labute approximate surface area is 196 Å². The minimum atomic E-state index is -0.0191. The molecule has 1 aliphatic carbocycles. The molecule has 0 spiro atoms. The van der Waals surface area contributed by atoms with Crippen molar-refractivity contribution in [2.45, 2.75) is 41.5 Å². The number of nitrogens with one attached hydrogen (secondary N) is 2. The van der Waals surface area contributed by atoms with Gasteiger partial charge in [0, 0.05) is 45.0 Å². The standard InChI is InChI=1S/C27H23N3O2S/c31-26(14-9-17-16-28-22-7-3-1-5-20(17)22)29-18-10-13-23-25(15-18)33-24-8-4-2-6-21(24)27(32)30(23)19-11-12-19/h1-8,10,13,15-16,19,28H,9,11-12,14H2,(H,29,31). The van der Waals surface area contributed by atoms with Crippen LogP contribution in [0.5, 0.6) is 0 Å². The lowest BCUT2D eigenvalue weighted by Gasteiger charge is -2.23. The van der Waals surface area contributed by atoms with Gasteiger partial charge in [-0.05, 0) is 61.2 Å². The van der Waals surface area contributed by atoms with E-state index in [1.165, 1.54) is 0 Å². The van der Waals surface area contributed by atoms with Gasteiger partial charge >= 0.3 is 0 Å². The van der Waals surface area contributed by atoms with E-state index in [0.29, 0.717) is 12.8 Å². The van der Waals surface area contributed by atoms with Crippen LogP contribution in [0.15, 0.2) is 82.7 Å². The molecule has 2 amide bonds. The summed E-state index contributed by atoms with van der Waals surface area (Å²) in [7, 11) is 0. The average molecular weight is 454 g/mol. The van der Waals surface area contributed by atoms with Crippen LogP contribution in [0.4, 0.5) is 11.4 Å². The molecule has 0 unspecified atom stereocenters. The first kappa shape index (κ1) is 20.1. The molecule has 1 saturated carbocycles. The van der Waals surface area contributed by atoms with Crippen LogP contribution >= 0.6 is 11.8 Å². The highest BCUT2D eigenvalue weighted by molar-refractivity contribution is 7.99. The second kappa shape index (κ2) is 8.12. The second-order valence-corrected chi connectivity index (χ2v) is 9.68. The number of amides is 2. The van der Waals surface area contributed by atoms with E-state index in [1.807, 2.05) is 71.8 Å². The molecule has 6 rings (SSSR count). The Morgan fingerprint density at radius 3 is 2.73 bits per heavy atom. The third kappa shape index (κ3) is 3.80. The fourth-order valence-electron chi connectivity index (χ4n) is 4.47. The van der Waals surface area contributed by atoms with E-state index in [2.05, 4.69) is 16.4 Å². The SMILES string of the molecule is O=C(CCc1c[nH]c2ccccc12)Nc1ccc2c(c1)Sc1ccccc1C(=O)N2C1CC1. The molecule has 2 N–H and O–H groups in total. The van der Waals surface area contributed by atoms with Crippen molar-refractivity contribution < 1.29 is 9.59 Å². The molecule has 0 radical (unpaired) electrons. The van der Waals surface area contributed by atoms with Gasteiger partial charge in [-0.2, -0.15) is 0 Å². The zero-order valence-corrected chi connectivity index (χ0v) is 18.8. The Balaban J connectivity index is 1.22. The van der Waals surface area contributed by atoms with Crippen molar-refractivity contribution >= 4 is 45.9 Å². The summed E-state index contributed by atoms with van der Waals surface area (Å²) in [5.41, 5.74) is 4.67. The quantitative estimate of drug-likeness (QED) is 0.389. The summed E-state index contributed by atoms with van der Waals surface area (Å²) in [4.78, 5) is 33.1. The third-order valence-electron chi connectivity index (χ3n) is 6.27. The molecule has 0 bridgehead atoms. The highest BCUT2D eigenvalue weighted by Gasteiger charge is 2.38. The molecule has 6 heteroatoms. The maximum absolute atomic E-state index is 13.3. The zero-order chi connectivity index (χ0) is 22.4. The average Bonchev–Trinajstić information content (AvgIpc) is 3.59. The van der Waals surface area contributed by atoms with E-state index in [-0.39, 0.29) is 17.9 Å². The number of aromatic amines is 1. The molecule has 0 atom stereocenters. The van der Waals surface area contributed by atoms with E-state index < -0.39 is 0 Å². The number of para-hydroxylation sites is 1. The summed E-state index contributed by atoms with van der Waals surface area (Å²) >= 11 is 1.59. The number of rotatable bonds is 5. The summed E-state index contributed by atoms with van der Waals surface area (Å²) in [6.45, 7) is 0. The molecule has 4 aromatic rings. The van der Waals surface area contributed by atoms with Crippen molar-refractivity contribution in [1.29, 1.82) is 0 Å². The van der Waals surface area contributed by atoms with Crippen LogP contribution in [0.3, 0.4) is 0 Å². The van der Waals surface area contributed by atoms with Crippen LogP contribution in [0, 0.1) is 0 Å². The fourth-order valence-corrected chi connectivity index (χ4v) is 5.57. The van der Waals surface area contributed by atoms with Gasteiger partial charge in [0.05, 0.1) is 11.3 Å². The van der Waals surface area contributed by atoms with E-state index in [1.54, 1.807) is 11.8 Å². The number of aryl methyl sites for hydroxylation is 1. The highest BCUT2D eigenvalue weighted by Crippen LogP contribution is 2.46. The summed E-state index contributed by atoms with van der Waals surface area (Å²) in [5.74, 6) is 0.0456. The number of carbonyl (C=O) groups is 2. The second-order valence-electron chi connectivity index (χ2n) is 8.59. The van der Waals surface area contributed by atoms with Crippen LogP contribution in [-0.4, -0.2) is 22.8 Å². The van der Waals surface area contributed by atoms with Crippen LogP contribution in [0.25, 0.3) is 10.9 Å². The molecule has 2 heterocycles. The first-order valence-electron chi connectivity index (χ1n) is 11.3. The molecule has 1 aliphatic heterocycles. The number of aromatic nitrogens is 1. The van der Waals surface area contributed by atoms with E-state index in [9.17, 15) is 9.59 Å². The van der Waals surface area contributed by atoms with Gasteiger partial charge in [-0.15, -0.1) is 0 Å². The molecule has 3 aromatic carbocycles.